The molecule has 36 heavy (non-hydrogen) atoms. The normalized spacial score (nSPS) is 14.1. The Morgan fingerprint density at radius 3 is 2.67 bits per heavy atom. The summed E-state index contributed by atoms with van der Waals surface area (Å²) in [5.74, 6) is 1.95. The smallest absolute Gasteiger partial charge is 0.277 e. The van der Waals surface area contributed by atoms with E-state index in [0.717, 1.165) is 60.7 Å². The molecule has 12 nitrogen and oxygen atoms in total. The van der Waals surface area contributed by atoms with Crippen molar-refractivity contribution in [3.8, 4) is 0 Å². The lowest BCUT2D eigenvalue weighted by Crippen LogP contribution is -2.37. The minimum absolute atomic E-state index is 0.214. The maximum absolute atomic E-state index is 11.4. The number of hydrogen-bond donors (Lipinski definition) is 5. The summed E-state index contributed by atoms with van der Waals surface area (Å²) in [5.41, 5.74) is 3.71. The summed E-state index contributed by atoms with van der Waals surface area (Å²) in [5, 5.41) is 24.3. The molecule has 1 saturated heterocycles. The van der Waals surface area contributed by atoms with Gasteiger partial charge in [-0.3, -0.25) is 15.1 Å². The molecular formula is C23H26N10O2S. The molecule has 5 rings (SSSR count). The van der Waals surface area contributed by atoms with Crippen LogP contribution >= 0.6 is 11.8 Å². The fourth-order valence-corrected chi connectivity index (χ4v) is 4.47. The first-order chi connectivity index (χ1) is 17.6. The molecule has 0 radical (unpaired) electrons. The highest BCUT2D eigenvalue weighted by Gasteiger charge is 2.21. The molecule has 1 amide bonds. The summed E-state index contributed by atoms with van der Waals surface area (Å²) in [7, 11) is 0. The summed E-state index contributed by atoms with van der Waals surface area (Å²) in [6, 6.07) is 7.92. The molecular weight excluding hydrogens is 480 g/mol. The fraction of sp³-hybridized carbons (Fsp3) is 0.304. The van der Waals surface area contributed by atoms with Gasteiger partial charge in [-0.2, -0.15) is 5.10 Å². The highest BCUT2D eigenvalue weighted by molar-refractivity contribution is 7.98. The van der Waals surface area contributed by atoms with E-state index < -0.39 is 5.91 Å². The number of benzene rings is 1. The van der Waals surface area contributed by atoms with Crippen LogP contribution in [0, 0.1) is 5.92 Å². The molecule has 13 heteroatoms. The van der Waals surface area contributed by atoms with E-state index in [2.05, 4.69) is 45.7 Å². The number of nitrogens with zero attached hydrogens (tertiary/aromatic N) is 6. The van der Waals surface area contributed by atoms with Crippen LogP contribution in [0.3, 0.4) is 0 Å². The highest BCUT2D eigenvalue weighted by Crippen LogP contribution is 2.25. The Hall–Kier alpha value is -3.97. The molecule has 1 fully saturated rings. The van der Waals surface area contributed by atoms with Crippen LogP contribution < -0.4 is 21.0 Å². The van der Waals surface area contributed by atoms with Crippen molar-refractivity contribution in [1.82, 2.24) is 35.6 Å². The Morgan fingerprint density at radius 2 is 1.92 bits per heavy atom. The monoisotopic (exact) mass is 506 g/mol. The zero-order valence-corrected chi connectivity index (χ0v) is 20.4. The van der Waals surface area contributed by atoms with E-state index in [1.165, 1.54) is 24.2 Å². The zero-order chi connectivity index (χ0) is 24.9. The first-order valence-corrected chi connectivity index (χ1v) is 12.7. The number of aromatic nitrogens is 6. The lowest BCUT2D eigenvalue weighted by Gasteiger charge is -2.32. The maximum atomic E-state index is 11.4. The Morgan fingerprint density at radius 1 is 1.14 bits per heavy atom. The molecule has 4 aromatic rings. The summed E-state index contributed by atoms with van der Waals surface area (Å²) >= 11 is 1.50. The number of piperidine rings is 1. The van der Waals surface area contributed by atoms with Crippen molar-refractivity contribution >= 4 is 51.8 Å². The fourth-order valence-electron chi connectivity index (χ4n) is 4.09. The number of hydrogen-bond acceptors (Lipinski definition) is 11. The Kier molecular flexibility index (Phi) is 7.09. The highest BCUT2D eigenvalue weighted by atomic mass is 32.2. The number of hydroxylamine groups is 1. The summed E-state index contributed by atoms with van der Waals surface area (Å²) in [6.45, 7) is 2.44. The molecule has 0 bridgehead atoms. The summed E-state index contributed by atoms with van der Waals surface area (Å²) in [4.78, 5) is 31.3. The van der Waals surface area contributed by atoms with Crippen molar-refractivity contribution in [3.63, 3.8) is 0 Å². The SMILES string of the molecule is CSc1nc(NCC2CCN(c3ncc(C(=O)NO)cn3)CC2)cc(Nc2ccc3[nH]ncc3c2)n1. The number of fused-ring (bicyclic) bond motifs is 1. The van der Waals surface area contributed by atoms with Crippen LogP contribution in [0.5, 0.6) is 0 Å². The predicted octanol–water partition coefficient (Wildman–Crippen LogP) is 3.06. The van der Waals surface area contributed by atoms with Gasteiger partial charge in [-0.25, -0.2) is 25.4 Å². The Balaban J connectivity index is 1.17. The Labute approximate surface area is 211 Å². The molecule has 5 N–H and O–H groups in total. The third kappa shape index (κ3) is 5.47. The number of nitrogens with one attached hydrogen (secondary N) is 4. The summed E-state index contributed by atoms with van der Waals surface area (Å²) in [6.07, 6.45) is 8.54. The van der Waals surface area contributed by atoms with Crippen molar-refractivity contribution in [2.45, 2.75) is 18.0 Å². The van der Waals surface area contributed by atoms with Gasteiger partial charge in [-0.1, -0.05) is 11.8 Å². The largest absolute Gasteiger partial charge is 0.370 e. The van der Waals surface area contributed by atoms with E-state index in [4.69, 9.17) is 5.21 Å². The number of aromatic amines is 1. The lowest BCUT2D eigenvalue weighted by molar-refractivity contribution is 0.0705. The van der Waals surface area contributed by atoms with Gasteiger partial charge in [-0.15, -0.1) is 0 Å². The quantitative estimate of drug-likeness (QED) is 0.104. The van der Waals surface area contributed by atoms with E-state index in [1.54, 1.807) is 11.7 Å². The van der Waals surface area contributed by atoms with E-state index in [1.807, 2.05) is 30.5 Å². The molecule has 4 heterocycles. The second-order valence-electron chi connectivity index (χ2n) is 8.45. The van der Waals surface area contributed by atoms with Crippen LogP contribution in [0.1, 0.15) is 23.2 Å². The van der Waals surface area contributed by atoms with Crippen LogP contribution in [-0.4, -0.2) is 67.1 Å². The van der Waals surface area contributed by atoms with Gasteiger partial charge < -0.3 is 15.5 Å². The van der Waals surface area contributed by atoms with Crippen LogP contribution in [-0.2, 0) is 0 Å². The maximum Gasteiger partial charge on any atom is 0.277 e. The topological polar surface area (TPSA) is 157 Å². The number of thioether (sulfide) groups is 1. The van der Waals surface area contributed by atoms with Gasteiger partial charge in [0.25, 0.3) is 5.91 Å². The number of carbonyl (C=O) groups is 1. The molecule has 0 saturated carbocycles. The van der Waals surface area contributed by atoms with Gasteiger partial charge >= 0.3 is 0 Å². The van der Waals surface area contributed by atoms with Gasteiger partial charge in [0.15, 0.2) is 5.16 Å². The van der Waals surface area contributed by atoms with Gasteiger partial charge in [0.2, 0.25) is 5.95 Å². The molecule has 3 aromatic heterocycles. The van der Waals surface area contributed by atoms with E-state index in [9.17, 15) is 4.79 Å². The van der Waals surface area contributed by atoms with Crippen molar-refractivity contribution in [1.29, 1.82) is 0 Å². The van der Waals surface area contributed by atoms with Gasteiger partial charge in [-0.05, 0) is 43.2 Å². The van der Waals surface area contributed by atoms with E-state index >= 15 is 0 Å². The molecule has 0 spiro atoms. The first-order valence-electron chi connectivity index (χ1n) is 11.5. The third-order valence-corrected chi connectivity index (χ3v) is 6.62. The Bertz CT molecular complexity index is 1340. The van der Waals surface area contributed by atoms with Crippen molar-refractivity contribution in [3.05, 3.63) is 48.4 Å². The predicted molar refractivity (Wildman–Crippen MR) is 138 cm³/mol. The second-order valence-corrected chi connectivity index (χ2v) is 9.22. The number of rotatable bonds is 8. The average molecular weight is 507 g/mol. The molecule has 1 aliphatic heterocycles. The molecule has 186 valence electrons. The standard InChI is InChI=1S/C23H26N10O2S/c1-36-23-29-19(9-20(30-23)28-17-2-3-18-15(8-17)13-27-31-18)24-10-14-4-6-33(7-5-14)22-25-11-16(12-26-22)21(34)32-35/h2-3,8-9,11-14,35H,4-7,10H2,1H3,(H,27,31)(H,32,34)(H2,24,28,29,30). The first kappa shape index (κ1) is 23.8. The van der Waals surface area contributed by atoms with Gasteiger partial charge in [0.1, 0.15) is 11.6 Å². The average Bonchev–Trinajstić information content (AvgIpc) is 3.40. The molecule has 0 unspecified atom stereocenters. The van der Waals surface area contributed by atoms with Crippen molar-refractivity contribution < 1.29 is 10.0 Å². The van der Waals surface area contributed by atoms with Gasteiger partial charge in [0.05, 0.1) is 17.3 Å². The third-order valence-electron chi connectivity index (χ3n) is 6.07. The molecule has 1 aromatic carbocycles. The second kappa shape index (κ2) is 10.7. The molecule has 1 aliphatic rings. The summed E-state index contributed by atoms with van der Waals surface area (Å²) < 4.78 is 0. The van der Waals surface area contributed by atoms with E-state index in [-0.39, 0.29) is 5.56 Å². The number of anilines is 4. The molecule has 0 aliphatic carbocycles. The molecule has 0 atom stereocenters. The zero-order valence-electron chi connectivity index (χ0n) is 19.6. The van der Waals surface area contributed by atoms with Crippen LogP contribution in [0.15, 0.2) is 48.0 Å². The number of H-pyrrole nitrogens is 1. The van der Waals surface area contributed by atoms with Crippen LogP contribution in [0.4, 0.5) is 23.3 Å². The van der Waals surface area contributed by atoms with Crippen LogP contribution in [0.2, 0.25) is 0 Å². The van der Waals surface area contributed by atoms with Gasteiger partial charge in [0, 0.05) is 49.2 Å². The van der Waals surface area contributed by atoms with Crippen molar-refractivity contribution in [2.75, 3.05) is 41.4 Å². The van der Waals surface area contributed by atoms with Crippen LogP contribution in [0.25, 0.3) is 10.9 Å². The van der Waals surface area contributed by atoms with Crippen molar-refractivity contribution in [2.24, 2.45) is 5.92 Å². The number of amides is 1. The number of carbonyl (C=O) groups excluding carboxylic acids is 1. The minimum atomic E-state index is -0.627. The minimum Gasteiger partial charge on any atom is -0.370 e. The lowest BCUT2D eigenvalue weighted by atomic mass is 9.97. The van der Waals surface area contributed by atoms with E-state index in [0.29, 0.717) is 17.0 Å².